The number of esters is 1. The molecular formula is C21H27N3O5. The smallest absolute Gasteiger partial charge is 0.340 e. The fraction of sp³-hybridized carbons (Fsp3) is 0.381. The largest absolute Gasteiger partial charge is 0.460 e. The molecule has 0 fully saturated rings. The van der Waals surface area contributed by atoms with Crippen LogP contribution in [0.25, 0.3) is 0 Å². The van der Waals surface area contributed by atoms with Crippen LogP contribution in [0, 0.1) is 20.8 Å². The molecule has 0 aliphatic heterocycles. The number of methoxy groups -OCH3 is 1. The molecule has 0 aliphatic carbocycles. The molecule has 0 saturated heterocycles. The molecule has 1 aromatic heterocycles. The van der Waals surface area contributed by atoms with E-state index in [9.17, 15) is 14.4 Å². The van der Waals surface area contributed by atoms with Gasteiger partial charge in [-0.3, -0.25) is 9.59 Å². The summed E-state index contributed by atoms with van der Waals surface area (Å²) in [6, 6.07) is 7.38. The number of aromatic amines is 1. The lowest BCUT2D eigenvalue weighted by Gasteiger charge is -2.17. The number of carbonyl (C=O) groups is 3. The number of likely N-dealkylation sites (N-methyl/N-ethyl adjacent to an activating group) is 1. The number of ether oxygens (including phenoxy) is 2. The molecule has 0 saturated carbocycles. The summed E-state index contributed by atoms with van der Waals surface area (Å²) < 4.78 is 10.0. The van der Waals surface area contributed by atoms with Crippen LogP contribution in [0.2, 0.25) is 0 Å². The Morgan fingerprint density at radius 3 is 2.34 bits per heavy atom. The molecule has 156 valence electrons. The quantitative estimate of drug-likeness (QED) is 0.523. The van der Waals surface area contributed by atoms with Crippen LogP contribution in [0.15, 0.2) is 24.3 Å². The first-order chi connectivity index (χ1) is 13.7. The van der Waals surface area contributed by atoms with Crippen LogP contribution in [-0.2, 0) is 14.3 Å². The second kappa shape index (κ2) is 9.88. The van der Waals surface area contributed by atoms with Crippen LogP contribution in [0.5, 0.6) is 0 Å². The number of carbonyl (C=O) groups excluding carboxylic acids is 3. The summed E-state index contributed by atoms with van der Waals surface area (Å²) in [5.74, 6) is -1.22. The van der Waals surface area contributed by atoms with Gasteiger partial charge in [-0.2, -0.15) is 0 Å². The van der Waals surface area contributed by atoms with Gasteiger partial charge in [0.1, 0.15) is 12.3 Å². The topological polar surface area (TPSA) is 101 Å². The Hall–Kier alpha value is -3.13. The maximum Gasteiger partial charge on any atom is 0.340 e. The van der Waals surface area contributed by atoms with E-state index in [-0.39, 0.29) is 30.7 Å². The number of anilines is 1. The molecule has 8 heteroatoms. The number of benzene rings is 1. The van der Waals surface area contributed by atoms with E-state index in [2.05, 4.69) is 10.3 Å². The van der Waals surface area contributed by atoms with Gasteiger partial charge in [0, 0.05) is 25.5 Å². The van der Waals surface area contributed by atoms with Crippen molar-refractivity contribution in [2.75, 3.05) is 39.2 Å². The minimum absolute atomic E-state index is 0.127. The molecule has 0 aliphatic rings. The van der Waals surface area contributed by atoms with Crippen molar-refractivity contribution in [2.24, 2.45) is 0 Å². The molecule has 0 radical (unpaired) electrons. The maximum atomic E-state index is 12.8. The van der Waals surface area contributed by atoms with Crippen molar-refractivity contribution in [1.82, 2.24) is 9.88 Å². The summed E-state index contributed by atoms with van der Waals surface area (Å²) in [5.41, 5.74) is 3.35. The van der Waals surface area contributed by atoms with E-state index in [1.165, 1.54) is 19.1 Å². The second-order valence-corrected chi connectivity index (χ2v) is 6.83. The Morgan fingerprint density at radius 1 is 1.07 bits per heavy atom. The number of aromatic nitrogens is 1. The third-order valence-electron chi connectivity index (χ3n) is 4.44. The molecule has 1 heterocycles. The normalized spacial score (nSPS) is 10.5. The minimum atomic E-state index is -0.521. The summed E-state index contributed by atoms with van der Waals surface area (Å²) in [6.45, 7) is 5.61. The van der Waals surface area contributed by atoms with Crippen molar-refractivity contribution in [2.45, 2.75) is 20.8 Å². The van der Waals surface area contributed by atoms with Crippen LogP contribution in [0.4, 0.5) is 5.69 Å². The van der Waals surface area contributed by atoms with Crippen molar-refractivity contribution >= 4 is 23.5 Å². The SMILES string of the molecule is COCCOC(=O)c1c(C)[nH]c(C(=O)N(C)CC(=O)Nc2ccc(C)cc2)c1C. The lowest BCUT2D eigenvalue weighted by Crippen LogP contribution is -2.35. The van der Waals surface area contributed by atoms with E-state index in [0.717, 1.165) is 5.56 Å². The summed E-state index contributed by atoms with van der Waals surface area (Å²) in [5, 5.41) is 2.76. The van der Waals surface area contributed by atoms with Gasteiger partial charge in [-0.25, -0.2) is 4.79 Å². The highest BCUT2D eigenvalue weighted by Crippen LogP contribution is 2.20. The zero-order valence-corrected chi connectivity index (χ0v) is 17.4. The summed E-state index contributed by atoms with van der Waals surface area (Å²) >= 11 is 0. The van der Waals surface area contributed by atoms with Gasteiger partial charge in [0.25, 0.3) is 5.91 Å². The fourth-order valence-electron chi connectivity index (χ4n) is 2.88. The first kappa shape index (κ1) is 22.2. The van der Waals surface area contributed by atoms with Crippen molar-refractivity contribution in [3.05, 3.63) is 52.3 Å². The van der Waals surface area contributed by atoms with Crippen LogP contribution in [-0.4, -0.2) is 61.6 Å². The predicted molar refractivity (Wildman–Crippen MR) is 109 cm³/mol. The number of nitrogens with one attached hydrogen (secondary N) is 2. The van der Waals surface area contributed by atoms with Crippen LogP contribution >= 0.6 is 0 Å². The lowest BCUT2D eigenvalue weighted by molar-refractivity contribution is -0.116. The number of rotatable bonds is 8. The van der Waals surface area contributed by atoms with Gasteiger partial charge in [0.05, 0.1) is 18.7 Å². The van der Waals surface area contributed by atoms with E-state index in [1.807, 2.05) is 19.1 Å². The molecule has 8 nitrogen and oxygen atoms in total. The number of aryl methyl sites for hydroxylation is 2. The lowest BCUT2D eigenvalue weighted by atomic mass is 10.1. The van der Waals surface area contributed by atoms with Gasteiger partial charge in [-0.15, -0.1) is 0 Å². The number of amides is 2. The number of nitrogens with zero attached hydrogens (tertiary/aromatic N) is 1. The Balaban J connectivity index is 2.05. The zero-order chi connectivity index (χ0) is 21.6. The van der Waals surface area contributed by atoms with Gasteiger partial charge in [0.15, 0.2) is 0 Å². The third kappa shape index (κ3) is 5.68. The average Bonchev–Trinajstić information content (AvgIpc) is 2.97. The summed E-state index contributed by atoms with van der Waals surface area (Å²) in [4.78, 5) is 41.6. The molecule has 2 amide bonds. The van der Waals surface area contributed by atoms with Crippen LogP contribution in [0.1, 0.15) is 37.7 Å². The second-order valence-electron chi connectivity index (χ2n) is 6.83. The summed E-state index contributed by atoms with van der Waals surface area (Å²) in [6.07, 6.45) is 0. The molecular weight excluding hydrogens is 374 g/mol. The van der Waals surface area contributed by atoms with Crippen molar-refractivity contribution in [1.29, 1.82) is 0 Å². The molecule has 0 atom stereocenters. The van der Waals surface area contributed by atoms with Crippen LogP contribution < -0.4 is 5.32 Å². The molecule has 0 spiro atoms. The standard InChI is InChI=1S/C21H27N3O5/c1-13-6-8-16(9-7-13)23-17(25)12-24(4)20(26)19-14(2)18(15(3)22-19)21(27)29-11-10-28-5/h6-9,22H,10-12H2,1-5H3,(H,23,25). The number of H-pyrrole nitrogens is 1. The number of hydrogen-bond donors (Lipinski definition) is 2. The molecule has 1 aromatic carbocycles. The average molecular weight is 401 g/mol. The zero-order valence-electron chi connectivity index (χ0n) is 17.4. The van der Waals surface area contributed by atoms with Crippen molar-refractivity contribution in [3.63, 3.8) is 0 Å². The van der Waals surface area contributed by atoms with Gasteiger partial charge in [-0.1, -0.05) is 17.7 Å². The molecule has 0 unspecified atom stereocenters. The fourth-order valence-corrected chi connectivity index (χ4v) is 2.88. The highest BCUT2D eigenvalue weighted by molar-refractivity contribution is 6.02. The van der Waals surface area contributed by atoms with E-state index in [1.54, 1.807) is 26.0 Å². The van der Waals surface area contributed by atoms with Gasteiger partial charge in [-0.05, 0) is 38.5 Å². The highest BCUT2D eigenvalue weighted by Gasteiger charge is 2.25. The van der Waals surface area contributed by atoms with Gasteiger partial charge < -0.3 is 24.7 Å². The minimum Gasteiger partial charge on any atom is -0.460 e. The third-order valence-corrected chi connectivity index (χ3v) is 4.44. The first-order valence-electron chi connectivity index (χ1n) is 9.21. The predicted octanol–water partition coefficient (Wildman–Crippen LogP) is 2.45. The Kier molecular flexibility index (Phi) is 7.55. The molecule has 0 bridgehead atoms. The van der Waals surface area contributed by atoms with Crippen LogP contribution in [0.3, 0.4) is 0 Å². The van der Waals surface area contributed by atoms with E-state index in [0.29, 0.717) is 29.1 Å². The van der Waals surface area contributed by atoms with Crippen molar-refractivity contribution < 1.29 is 23.9 Å². The Labute approximate surface area is 170 Å². The van der Waals surface area contributed by atoms with E-state index >= 15 is 0 Å². The molecule has 2 N–H and O–H groups in total. The molecule has 29 heavy (non-hydrogen) atoms. The maximum absolute atomic E-state index is 12.8. The van der Waals surface area contributed by atoms with E-state index < -0.39 is 5.97 Å². The Morgan fingerprint density at radius 2 is 1.72 bits per heavy atom. The highest BCUT2D eigenvalue weighted by atomic mass is 16.6. The van der Waals surface area contributed by atoms with E-state index in [4.69, 9.17) is 9.47 Å². The monoisotopic (exact) mass is 401 g/mol. The van der Waals surface area contributed by atoms with Gasteiger partial charge >= 0.3 is 5.97 Å². The van der Waals surface area contributed by atoms with Crippen molar-refractivity contribution in [3.8, 4) is 0 Å². The van der Waals surface area contributed by atoms with Gasteiger partial charge in [0.2, 0.25) is 5.91 Å². The number of hydrogen-bond acceptors (Lipinski definition) is 5. The molecule has 2 rings (SSSR count). The molecule has 2 aromatic rings. The first-order valence-corrected chi connectivity index (χ1v) is 9.21. The summed E-state index contributed by atoms with van der Waals surface area (Å²) in [7, 11) is 3.05. The Bertz CT molecular complexity index is 886.